The summed E-state index contributed by atoms with van der Waals surface area (Å²) in [5, 5.41) is 2.67. The van der Waals surface area contributed by atoms with Crippen molar-refractivity contribution in [3.05, 3.63) is 50.1 Å². The highest BCUT2D eigenvalue weighted by Gasteiger charge is 2.14. The fourth-order valence-corrected chi connectivity index (χ4v) is 2.96. The Morgan fingerprint density at radius 1 is 1.20 bits per heavy atom. The number of halogens is 2. The standard InChI is InChI=1S/C13H9Cl2NO3S/c1-19-13(18)7-2-4-8(5-3-7)16-12(17)9-6-10(14)20-11(9)15/h2-6H,1H3,(H,16,17). The van der Waals surface area contributed by atoms with Crippen LogP contribution in [0.1, 0.15) is 20.7 Å². The van der Waals surface area contributed by atoms with E-state index in [1.54, 1.807) is 24.3 Å². The van der Waals surface area contributed by atoms with Gasteiger partial charge in [0.1, 0.15) is 4.34 Å². The summed E-state index contributed by atoms with van der Waals surface area (Å²) in [6.07, 6.45) is 0. The Kier molecular flexibility index (Phi) is 4.65. The number of rotatable bonds is 3. The third-order valence-electron chi connectivity index (χ3n) is 2.47. The minimum Gasteiger partial charge on any atom is -0.465 e. The summed E-state index contributed by atoms with van der Waals surface area (Å²) >= 11 is 12.8. The van der Waals surface area contributed by atoms with E-state index in [0.717, 1.165) is 11.3 Å². The van der Waals surface area contributed by atoms with Gasteiger partial charge in [-0.25, -0.2) is 4.79 Å². The topological polar surface area (TPSA) is 55.4 Å². The molecule has 1 aromatic carbocycles. The Labute approximate surface area is 129 Å². The Morgan fingerprint density at radius 3 is 2.35 bits per heavy atom. The van der Waals surface area contributed by atoms with E-state index in [1.165, 1.54) is 13.2 Å². The summed E-state index contributed by atoms with van der Waals surface area (Å²) in [4.78, 5) is 23.3. The first-order valence-corrected chi connectivity index (χ1v) is 7.03. The second-order valence-corrected chi connectivity index (χ2v) is 6.05. The number of anilines is 1. The second-order valence-electron chi connectivity index (χ2n) is 3.76. The molecule has 1 aromatic heterocycles. The molecule has 0 aliphatic heterocycles. The lowest BCUT2D eigenvalue weighted by Gasteiger charge is -2.05. The Balaban J connectivity index is 2.12. The number of esters is 1. The SMILES string of the molecule is COC(=O)c1ccc(NC(=O)c2cc(Cl)sc2Cl)cc1. The molecule has 0 aliphatic rings. The van der Waals surface area contributed by atoms with E-state index >= 15 is 0 Å². The molecule has 0 saturated carbocycles. The second kappa shape index (κ2) is 6.26. The number of benzene rings is 1. The molecule has 2 rings (SSSR count). The number of methoxy groups -OCH3 is 1. The molecule has 0 bridgehead atoms. The maximum atomic E-state index is 12.0. The molecule has 2 aromatic rings. The lowest BCUT2D eigenvalue weighted by molar-refractivity contribution is 0.0600. The van der Waals surface area contributed by atoms with Crippen molar-refractivity contribution in [3.63, 3.8) is 0 Å². The summed E-state index contributed by atoms with van der Waals surface area (Å²) in [5.41, 5.74) is 1.27. The van der Waals surface area contributed by atoms with Gasteiger partial charge in [-0.1, -0.05) is 23.2 Å². The zero-order valence-corrected chi connectivity index (χ0v) is 12.6. The van der Waals surface area contributed by atoms with Gasteiger partial charge in [-0.2, -0.15) is 0 Å². The number of amides is 1. The number of hydrogen-bond acceptors (Lipinski definition) is 4. The number of carbonyl (C=O) groups excluding carboxylic acids is 2. The monoisotopic (exact) mass is 329 g/mol. The number of thiophene rings is 1. The smallest absolute Gasteiger partial charge is 0.337 e. The first kappa shape index (κ1) is 14.8. The van der Waals surface area contributed by atoms with Crippen LogP contribution in [0.5, 0.6) is 0 Å². The Hall–Kier alpha value is -1.56. The summed E-state index contributed by atoms with van der Waals surface area (Å²) < 4.78 is 5.37. The molecule has 1 N–H and O–H groups in total. The minimum absolute atomic E-state index is 0.318. The fourth-order valence-electron chi connectivity index (χ4n) is 1.50. The van der Waals surface area contributed by atoms with E-state index in [2.05, 4.69) is 10.1 Å². The van der Waals surface area contributed by atoms with E-state index in [4.69, 9.17) is 23.2 Å². The van der Waals surface area contributed by atoms with Crippen LogP contribution >= 0.6 is 34.5 Å². The average molecular weight is 330 g/mol. The van der Waals surface area contributed by atoms with E-state index in [-0.39, 0.29) is 5.91 Å². The van der Waals surface area contributed by atoms with Gasteiger partial charge in [0.15, 0.2) is 0 Å². The lowest BCUT2D eigenvalue weighted by atomic mass is 10.2. The number of hydrogen-bond donors (Lipinski definition) is 1. The van der Waals surface area contributed by atoms with Crippen LogP contribution < -0.4 is 5.32 Å². The zero-order chi connectivity index (χ0) is 14.7. The quantitative estimate of drug-likeness (QED) is 0.862. The van der Waals surface area contributed by atoms with Crippen LogP contribution in [0.3, 0.4) is 0 Å². The first-order valence-electron chi connectivity index (χ1n) is 5.46. The molecule has 0 unspecified atom stereocenters. The predicted molar refractivity (Wildman–Crippen MR) is 80.1 cm³/mol. The lowest BCUT2D eigenvalue weighted by Crippen LogP contribution is -2.11. The van der Waals surface area contributed by atoms with Crippen molar-refractivity contribution >= 4 is 52.1 Å². The van der Waals surface area contributed by atoms with Crippen molar-refractivity contribution in [3.8, 4) is 0 Å². The van der Waals surface area contributed by atoms with E-state index < -0.39 is 5.97 Å². The van der Waals surface area contributed by atoms with Crippen LogP contribution in [0.25, 0.3) is 0 Å². The highest BCUT2D eigenvalue weighted by Crippen LogP contribution is 2.31. The van der Waals surface area contributed by atoms with Gasteiger partial charge in [0.25, 0.3) is 5.91 Å². The minimum atomic E-state index is -0.435. The molecule has 0 radical (unpaired) electrons. The molecule has 20 heavy (non-hydrogen) atoms. The molecular formula is C13H9Cl2NO3S. The van der Waals surface area contributed by atoms with Crippen LogP contribution in [0.2, 0.25) is 8.67 Å². The molecular weight excluding hydrogens is 321 g/mol. The Morgan fingerprint density at radius 2 is 1.85 bits per heavy atom. The number of carbonyl (C=O) groups is 2. The molecule has 7 heteroatoms. The van der Waals surface area contributed by atoms with Crippen molar-refractivity contribution in [1.29, 1.82) is 0 Å². The zero-order valence-electron chi connectivity index (χ0n) is 10.3. The van der Waals surface area contributed by atoms with Crippen molar-refractivity contribution in [2.75, 3.05) is 12.4 Å². The molecule has 0 atom stereocenters. The fraction of sp³-hybridized carbons (Fsp3) is 0.0769. The predicted octanol–water partition coefficient (Wildman–Crippen LogP) is 4.09. The van der Waals surface area contributed by atoms with Crippen molar-refractivity contribution in [1.82, 2.24) is 0 Å². The van der Waals surface area contributed by atoms with Gasteiger partial charge in [0, 0.05) is 5.69 Å². The summed E-state index contributed by atoms with van der Waals surface area (Å²) in [6.45, 7) is 0. The molecule has 1 amide bonds. The maximum Gasteiger partial charge on any atom is 0.337 e. The van der Waals surface area contributed by atoms with E-state index in [9.17, 15) is 9.59 Å². The van der Waals surface area contributed by atoms with Crippen LogP contribution in [0.15, 0.2) is 30.3 Å². The largest absolute Gasteiger partial charge is 0.465 e. The van der Waals surface area contributed by atoms with Crippen molar-refractivity contribution in [2.45, 2.75) is 0 Å². The maximum absolute atomic E-state index is 12.0. The third-order valence-corrected chi connectivity index (χ3v) is 3.95. The van der Waals surface area contributed by atoms with Gasteiger partial charge in [0.2, 0.25) is 0 Å². The molecule has 0 aliphatic carbocycles. The first-order chi connectivity index (χ1) is 9.51. The number of nitrogens with one attached hydrogen (secondary N) is 1. The highest BCUT2D eigenvalue weighted by molar-refractivity contribution is 7.20. The van der Waals surface area contributed by atoms with Crippen LogP contribution in [0.4, 0.5) is 5.69 Å². The summed E-state index contributed by atoms with van der Waals surface area (Å²) in [6, 6.07) is 7.83. The molecule has 0 spiro atoms. The van der Waals surface area contributed by atoms with Gasteiger partial charge in [0.05, 0.1) is 22.6 Å². The average Bonchev–Trinajstić information content (AvgIpc) is 2.78. The molecule has 1 heterocycles. The van der Waals surface area contributed by atoms with Gasteiger partial charge in [-0.15, -0.1) is 11.3 Å². The molecule has 104 valence electrons. The highest BCUT2D eigenvalue weighted by atomic mass is 35.5. The van der Waals surface area contributed by atoms with E-state index in [1.807, 2.05) is 0 Å². The molecule has 0 fully saturated rings. The van der Waals surface area contributed by atoms with Crippen molar-refractivity contribution in [2.24, 2.45) is 0 Å². The van der Waals surface area contributed by atoms with Gasteiger partial charge in [-0.05, 0) is 30.3 Å². The van der Waals surface area contributed by atoms with Crippen molar-refractivity contribution < 1.29 is 14.3 Å². The molecule has 4 nitrogen and oxygen atoms in total. The normalized spacial score (nSPS) is 10.2. The van der Waals surface area contributed by atoms with Crippen LogP contribution in [-0.2, 0) is 4.74 Å². The van der Waals surface area contributed by atoms with Crippen LogP contribution in [0, 0.1) is 0 Å². The van der Waals surface area contributed by atoms with Gasteiger partial charge < -0.3 is 10.1 Å². The third kappa shape index (κ3) is 3.30. The number of ether oxygens (including phenoxy) is 1. The summed E-state index contributed by atoms with van der Waals surface area (Å²) in [5.74, 6) is -0.792. The van der Waals surface area contributed by atoms with E-state index in [0.29, 0.717) is 25.5 Å². The Bertz CT molecular complexity index is 652. The molecule has 0 saturated heterocycles. The van der Waals surface area contributed by atoms with Gasteiger partial charge in [-0.3, -0.25) is 4.79 Å². The van der Waals surface area contributed by atoms with Gasteiger partial charge >= 0.3 is 5.97 Å². The van der Waals surface area contributed by atoms with Crippen LogP contribution in [-0.4, -0.2) is 19.0 Å². The summed E-state index contributed by atoms with van der Waals surface area (Å²) in [7, 11) is 1.31.